The van der Waals surface area contributed by atoms with Crippen LogP contribution < -0.4 is 5.32 Å². The van der Waals surface area contributed by atoms with E-state index >= 15 is 0 Å². The largest absolute Gasteiger partial charge is 0.480 e. The van der Waals surface area contributed by atoms with Crippen LogP contribution in [0.2, 0.25) is 0 Å². The predicted molar refractivity (Wildman–Crippen MR) is 48.4 cm³/mol. The van der Waals surface area contributed by atoms with E-state index in [1.165, 1.54) is 11.3 Å². The van der Waals surface area contributed by atoms with Gasteiger partial charge in [-0.25, -0.2) is 0 Å². The number of aliphatic carboxylic acids is 1. The quantitative estimate of drug-likeness (QED) is 0.747. The second kappa shape index (κ2) is 4.23. The molecule has 0 aliphatic rings. The van der Waals surface area contributed by atoms with E-state index in [-0.39, 0.29) is 0 Å². The van der Waals surface area contributed by atoms with Crippen LogP contribution in [0.4, 0.5) is 0 Å². The fourth-order valence-corrected chi connectivity index (χ4v) is 1.68. The first-order chi connectivity index (χ1) is 5.75. The average Bonchev–Trinajstić information content (AvgIpc) is 2.51. The molecule has 66 valence electrons. The van der Waals surface area contributed by atoms with Crippen LogP contribution in [-0.2, 0) is 4.79 Å². The average molecular weight is 185 g/mol. The molecule has 2 N–H and O–H groups in total. The number of likely N-dealkylation sites (N-methyl/N-ethyl adjacent to an activating group) is 1. The number of hydrogen-bond acceptors (Lipinski definition) is 3. The maximum atomic E-state index is 10.7. The Kier molecular flexibility index (Phi) is 3.25. The van der Waals surface area contributed by atoms with Gasteiger partial charge in [-0.1, -0.05) is 6.92 Å². The van der Waals surface area contributed by atoms with Gasteiger partial charge >= 0.3 is 5.97 Å². The lowest BCUT2D eigenvalue weighted by atomic mass is 10.1. The summed E-state index contributed by atoms with van der Waals surface area (Å²) in [7, 11) is 0. The number of nitrogens with one attached hydrogen (secondary N) is 1. The summed E-state index contributed by atoms with van der Waals surface area (Å²) in [5.74, 6) is -0.824. The van der Waals surface area contributed by atoms with Crippen LogP contribution in [-0.4, -0.2) is 17.6 Å². The molecule has 4 heteroatoms. The van der Waals surface area contributed by atoms with Crippen molar-refractivity contribution in [2.24, 2.45) is 0 Å². The number of rotatable bonds is 4. The molecule has 0 aromatic carbocycles. The molecule has 0 amide bonds. The highest BCUT2D eigenvalue weighted by molar-refractivity contribution is 7.08. The molecule has 1 atom stereocenters. The molecule has 0 saturated heterocycles. The van der Waals surface area contributed by atoms with Crippen LogP contribution >= 0.6 is 11.3 Å². The minimum Gasteiger partial charge on any atom is -0.480 e. The molecule has 1 heterocycles. The Morgan fingerprint density at radius 2 is 2.58 bits per heavy atom. The van der Waals surface area contributed by atoms with Crippen molar-refractivity contribution >= 4 is 17.3 Å². The summed E-state index contributed by atoms with van der Waals surface area (Å²) in [6.07, 6.45) is 0. The van der Waals surface area contributed by atoms with Crippen LogP contribution in [0.15, 0.2) is 16.8 Å². The lowest BCUT2D eigenvalue weighted by molar-refractivity contribution is -0.139. The molecule has 0 saturated carbocycles. The molecular formula is C8H11NO2S. The van der Waals surface area contributed by atoms with E-state index < -0.39 is 12.0 Å². The van der Waals surface area contributed by atoms with Crippen molar-refractivity contribution in [1.82, 2.24) is 5.32 Å². The monoisotopic (exact) mass is 185 g/mol. The molecular weight excluding hydrogens is 174 g/mol. The Morgan fingerprint density at radius 1 is 1.83 bits per heavy atom. The molecule has 1 aromatic rings. The normalized spacial score (nSPS) is 12.8. The van der Waals surface area contributed by atoms with Crippen LogP contribution in [0.5, 0.6) is 0 Å². The molecule has 0 spiro atoms. The van der Waals surface area contributed by atoms with Crippen molar-refractivity contribution in [3.05, 3.63) is 22.4 Å². The molecule has 0 bridgehead atoms. The summed E-state index contributed by atoms with van der Waals surface area (Å²) in [4.78, 5) is 10.7. The molecule has 1 aromatic heterocycles. The van der Waals surface area contributed by atoms with Gasteiger partial charge in [-0.3, -0.25) is 4.79 Å². The molecule has 0 radical (unpaired) electrons. The number of carboxylic acids is 1. The van der Waals surface area contributed by atoms with E-state index in [0.29, 0.717) is 6.54 Å². The zero-order chi connectivity index (χ0) is 8.97. The van der Waals surface area contributed by atoms with Crippen molar-refractivity contribution in [2.75, 3.05) is 6.54 Å². The minimum atomic E-state index is -0.824. The molecule has 0 aliphatic carbocycles. The van der Waals surface area contributed by atoms with Crippen molar-refractivity contribution in [1.29, 1.82) is 0 Å². The molecule has 3 nitrogen and oxygen atoms in total. The van der Waals surface area contributed by atoms with E-state index in [1.807, 2.05) is 23.8 Å². The topological polar surface area (TPSA) is 49.3 Å². The molecule has 0 fully saturated rings. The fourth-order valence-electron chi connectivity index (χ4n) is 0.991. The van der Waals surface area contributed by atoms with Gasteiger partial charge in [0.05, 0.1) is 0 Å². The summed E-state index contributed by atoms with van der Waals surface area (Å²) in [5.41, 5.74) is 0.828. The Labute approximate surface area is 75.0 Å². The maximum Gasteiger partial charge on any atom is 0.325 e. The summed E-state index contributed by atoms with van der Waals surface area (Å²) < 4.78 is 0. The van der Waals surface area contributed by atoms with Gasteiger partial charge in [0.25, 0.3) is 0 Å². The Morgan fingerprint density at radius 3 is 3.00 bits per heavy atom. The van der Waals surface area contributed by atoms with Crippen molar-refractivity contribution in [3.8, 4) is 0 Å². The summed E-state index contributed by atoms with van der Waals surface area (Å²) in [6.45, 7) is 2.55. The van der Waals surface area contributed by atoms with Crippen molar-refractivity contribution in [2.45, 2.75) is 13.0 Å². The summed E-state index contributed by atoms with van der Waals surface area (Å²) in [6, 6.07) is 1.27. The second-order valence-corrected chi connectivity index (χ2v) is 3.17. The third-order valence-corrected chi connectivity index (χ3v) is 2.23. The van der Waals surface area contributed by atoms with Gasteiger partial charge in [0.2, 0.25) is 0 Å². The summed E-state index contributed by atoms with van der Waals surface area (Å²) in [5, 5.41) is 15.4. The van der Waals surface area contributed by atoms with E-state index in [0.717, 1.165) is 5.56 Å². The van der Waals surface area contributed by atoms with Crippen LogP contribution in [0.25, 0.3) is 0 Å². The standard InChI is InChI=1S/C8H11NO2S/c1-2-9-7(8(10)11)6-3-4-12-5-6/h3-5,7,9H,2H2,1H3,(H,10,11). The minimum absolute atomic E-state index is 0.554. The Balaban J connectivity index is 2.73. The molecule has 1 unspecified atom stereocenters. The maximum absolute atomic E-state index is 10.7. The zero-order valence-electron chi connectivity index (χ0n) is 6.78. The first-order valence-corrected chi connectivity index (χ1v) is 4.68. The number of carbonyl (C=O) groups is 1. The third-order valence-electron chi connectivity index (χ3n) is 1.53. The number of carboxylic acid groups (broad SMARTS) is 1. The van der Waals surface area contributed by atoms with E-state index in [2.05, 4.69) is 5.32 Å². The van der Waals surface area contributed by atoms with Gasteiger partial charge in [-0.15, -0.1) is 0 Å². The highest BCUT2D eigenvalue weighted by atomic mass is 32.1. The molecule has 0 aliphatic heterocycles. The highest BCUT2D eigenvalue weighted by Crippen LogP contribution is 2.16. The van der Waals surface area contributed by atoms with Crippen LogP contribution in [0.1, 0.15) is 18.5 Å². The van der Waals surface area contributed by atoms with Gasteiger partial charge < -0.3 is 10.4 Å². The lowest BCUT2D eigenvalue weighted by Gasteiger charge is -2.10. The smallest absolute Gasteiger partial charge is 0.325 e. The first-order valence-electron chi connectivity index (χ1n) is 3.74. The predicted octanol–water partition coefficient (Wildman–Crippen LogP) is 1.48. The molecule has 1 rings (SSSR count). The Hall–Kier alpha value is -0.870. The molecule has 12 heavy (non-hydrogen) atoms. The summed E-state index contributed by atoms with van der Waals surface area (Å²) >= 11 is 1.51. The lowest BCUT2D eigenvalue weighted by Crippen LogP contribution is -2.27. The highest BCUT2D eigenvalue weighted by Gasteiger charge is 2.17. The van der Waals surface area contributed by atoms with E-state index in [4.69, 9.17) is 5.11 Å². The fraction of sp³-hybridized carbons (Fsp3) is 0.375. The number of thiophene rings is 1. The van der Waals surface area contributed by atoms with Gasteiger partial charge in [-0.05, 0) is 28.9 Å². The second-order valence-electron chi connectivity index (χ2n) is 2.39. The zero-order valence-corrected chi connectivity index (χ0v) is 7.60. The van der Waals surface area contributed by atoms with Gasteiger partial charge in [0, 0.05) is 0 Å². The van der Waals surface area contributed by atoms with Crippen LogP contribution in [0, 0.1) is 0 Å². The Bertz CT molecular complexity index is 246. The van der Waals surface area contributed by atoms with Crippen molar-refractivity contribution in [3.63, 3.8) is 0 Å². The van der Waals surface area contributed by atoms with Crippen LogP contribution in [0.3, 0.4) is 0 Å². The van der Waals surface area contributed by atoms with E-state index in [1.54, 1.807) is 0 Å². The van der Waals surface area contributed by atoms with Gasteiger partial charge in [0.15, 0.2) is 0 Å². The van der Waals surface area contributed by atoms with Crippen molar-refractivity contribution < 1.29 is 9.90 Å². The third kappa shape index (κ3) is 2.06. The van der Waals surface area contributed by atoms with E-state index in [9.17, 15) is 4.79 Å². The number of hydrogen-bond donors (Lipinski definition) is 2. The van der Waals surface area contributed by atoms with Gasteiger partial charge in [-0.2, -0.15) is 11.3 Å². The van der Waals surface area contributed by atoms with Gasteiger partial charge in [0.1, 0.15) is 6.04 Å². The SMILES string of the molecule is CCNC(C(=O)O)c1ccsc1. The first kappa shape index (κ1) is 9.22.